The van der Waals surface area contributed by atoms with Crippen LogP contribution in [-0.2, 0) is 16.4 Å². The molecule has 0 saturated carbocycles. The second-order valence-electron chi connectivity index (χ2n) is 8.96. The molecule has 5 aromatic rings. The van der Waals surface area contributed by atoms with Gasteiger partial charge in [0.2, 0.25) is 0 Å². The summed E-state index contributed by atoms with van der Waals surface area (Å²) in [4.78, 5) is 11.9. The van der Waals surface area contributed by atoms with Crippen LogP contribution in [0.5, 0.6) is 0 Å². The predicted octanol–water partition coefficient (Wildman–Crippen LogP) is 3.91. The maximum atomic E-state index is 11.6. The van der Waals surface area contributed by atoms with Crippen LogP contribution in [0.2, 0.25) is 0 Å². The molecule has 2 aromatic carbocycles. The number of fused-ring (bicyclic) bond motifs is 2. The van der Waals surface area contributed by atoms with Gasteiger partial charge in [-0.05, 0) is 29.8 Å². The molecule has 4 heterocycles. The van der Waals surface area contributed by atoms with E-state index in [0.717, 1.165) is 44.0 Å². The minimum Gasteiger partial charge on any atom is -0.339 e. The highest BCUT2D eigenvalue weighted by Crippen LogP contribution is 2.31. The van der Waals surface area contributed by atoms with Crippen molar-refractivity contribution < 1.29 is 8.42 Å². The molecule has 1 aliphatic heterocycles. The normalized spacial score (nSPS) is 15.5. The number of benzene rings is 2. The third kappa shape index (κ3) is 5.34. The second kappa shape index (κ2) is 9.94. The fourth-order valence-corrected chi connectivity index (χ4v) is 6.54. The Hall–Kier alpha value is -3.78. The molecule has 37 heavy (non-hydrogen) atoms. The molecule has 6 rings (SSSR count). The van der Waals surface area contributed by atoms with Crippen LogP contribution >= 0.6 is 11.3 Å². The number of thiophene rings is 1. The maximum absolute atomic E-state index is 11.6. The highest BCUT2D eigenvalue weighted by atomic mass is 32.2. The van der Waals surface area contributed by atoms with E-state index in [1.54, 1.807) is 17.7 Å². The Morgan fingerprint density at radius 2 is 1.86 bits per heavy atom. The quantitative estimate of drug-likeness (QED) is 0.346. The van der Waals surface area contributed by atoms with E-state index in [1.807, 2.05) is 41.2 Å². The number of hydrogen-bond donors (Lipinski definition) is 1. The summed E-state index contributed by atoms with van der Waals surface area (Å²) in [6.45, 7) is 2.36. The first-order chi connectivity index (χ1) is 18.0. The summed E-state index contributed by atoms with van der Waals surface area (Å²) >= 11 is 1.55. The SMILES string of the molecule is O=S1(=O)CCN(CC#Cc2cc3ncnc(Nc4ccc5c(cnn5Cc5ccccc5)c4)c3s2)CC1. The number of hydrogen-bond acceptors (Lipinski definition) is 8. The molecule has 1 N–H and O–H groups in total. The largest absolute Gasteiger partial charge is 0.339 e. The summed E-state index contributed by atoms with van der Waals surface area (Å²) in [5.41, 5.74) is 4.04. The van der Waals surface area contributed by atoms with Gasteiger partial charge in [0.1, 0.15) is 6.33 Å². The van der Waals surface area contributed by atoms with Crippen molar-refractivity contribution in [1.29, 1.82) is 0 Å². The van der Waals surface area contributed by atoms with Crippen LogP contribution in [0.3, 0.4) is 0 Å². The lowest BCUT2D eigenvalue weighted by Gasteiger charge is -2.24. The highest BCUT2D eigenvalue weighted by Gasteiger charge is 2.20. The van der Waals surface area contributed by atoms with Gasteiger partial charge in [-0.15, -0.1) is 11.3 Å². The molecule has 1 saturated heterocycles. The summed E-state index contributed by atoms with van der Waals surface area (Å²) in [7, 11) is -2.88. The first-order valence-corrected chi connectivity index (χ1v) is 14.6. The van der Waals surface area contributed by atoms with E-state index in [4.69, 9.17) is 0 Å². The Bertz CT molecular complexity index is 1740. The van der Waals surface area contributed by atoms with E-state index < -0.39 is 9.84 Å². The van der Waals surface area contributed by atoms with Crippen molar-refractivity contribution in [2.24, 2.45) is 0 Å². The highest BCUT2D eigenvalue weighted by molar-refractivity contribution is 7.91. The Kier molecular flexibility index (Phi) is 6.34. The Morgan fingerprint density at radius 3 is 2.70 bits per heavy atom. The summed E-state index contributed by atoms with van der Waals surface area (Å²) < 4.78 is 26.2. The number of aromatic nitrogens is 4. The lowest BCUT2D eigenvalue weighted by Crippen LogP contribution is -2.40. The van der Waals surface area contributed by atoms with Crippen LogP contribution < -0.4 is 5.32 Å². The molecule has 1 aliphatic rings. The fourth-order valence-electron chi connectivity index (χ4n) is 4.34. The topological polar surface area (TPSA) is 93.0 Å². The van der Waals surface area contributed by atoms with E-state index in [9.17, 15) is 8.42 Å². The smallest absolute Gasteiger partial charge is 0.152 e. The van der Waals surface area contributed by atoms with Gasteiger partial charge in [-0.25, -0.2) is 18.4 Å². The van der Waals surface area contributed by atoms with Crippen molar-refractivity contribution in [2.45, 2.75) is 6.54 Å². The molecule has 0 spiro atoms. The number of sulfone groups is 1. The molecule has 0 atom stereocenters. The van der Waals surface area contributed by atoms with Crippen molar-refractivity contribution in [2.75, 3.05) is 36.5 Å². The average Bonchev–Trinajstić information content (AvgIpc) is 3.50. The van der Waals surface area contributed by atoms with Gasteiger partial charge in [-0.1, -0.05) is 42.2 Å². The third-order valence-electron chi connectivity index (χ3n) is 6.34. The Labute approximate surface area is 218 Å². The van der Waals surface area contributed by atoms with Crippen LogP contribution in [0.25, 0.3) is 21.1 Å². The van der Waals surface area contributed by atoms with E-state index in [1.165, 1.54) is 5.56 Å². The molecule has 186 valence electrons. The van der Waals surface area contributed by atoms with E-state index >= 15 is 0 Å². The number of rotatable bonds is 5. The first-order valence-electron chi connectivity index (χ1n) is 12.0. The van der Waals surface area contributed by atoms with E-state index in [-0.39, 0.29) is 11.5 Å². The van der Waals surface area contributed by atoms with Crippen LogP contribution in [0.15, 0.2) is 67.1 Å². The van der Waals surface area contributed by atoms with Gasteiger partial charge in [0, 0.05) is 24.2 Å². The van der Waals surface area contributed by atoms with Crippen molar-refractivity contribution in [1.82, 2.24) is 24.6 Å². The lowest BCUT2D eigenvalue weighted by molar-refractivity contribution is 0.332. The summed E-state index contributed by atoms with van der Waals surface area (Å²) in [6, 6.07) is 18.4. The van der Waals surface area contributed by atoms with Crippen LogP contribution in [0, 0.1) is 11.8 Å². The van der Waals surface area contributed by atoms with Gasteiger partial charge in [-0.2, -0.15) is 5.10 Å². The van der Waals surface area contributed by atoms with Crippen molar-refractivity contribution in [3.8, 4) is 11.8 Å². The lowest BCUT2D eigenvalue weighted by atomic mass is 10.2. The average molecular weight is 529 g/mol. The first kappa shape index (κ1) is 23.6. The Balaban J connectivity index is 1.18. The molecule has 0 aliphatic carbocycles. The minimum atomic E-state index is -2.88. The molecular formula is C27H24N6O2S2. The fraction of sp³-hybridized carbons (Fsp3) is 0.222. The number of anilines is 2. The summed E-state index contributed by atoms with van der Waals surface area (Å²) in [5, 5.41) is 9.06. The zero-order valence-electron chi connectivity index (χ0n) is 20.0. The van der Waals surface area contributed by atoms with Crippen molar-refractivity contribution in [3.05, 3.63) is 77.6 Å². The predicted molar refractivity (Wildman–Crippen MR) is 148 cm³/mol. The summed E-state index contributed by atoms with van der Waals surface area (Å²) in [5.74, 6) is 7.55. The minimum absolute atomic E-state index is 0.210. The molecule has 1 fully saturated rings. The van der Waals surface area contributed by atoms with Crippen LogP contribution in [0.1, 0.15) is 10.4 Å². The standard InChI is InChI=1S/C27H24N6O2S2/c34-37(35)13-11-32(12-14-37)10-4-7-23-16-24-26(36-23)27(29-19-28-24)31-22-8-9-25-21(15-22)17-30-33(25)18-20-5-2-1-3-6-20/h1-3,5-6,8-9,15-17,19H,10-14,18H2,(H,28,29,31). The molecule has 0 unspecified atom stereocenters. The van der Waals surface area contributed by atoms with Crippen LogP contribution in [0.4, 0.5) is 11.5 Å². The van der Waals surface area contributed by atoms with Crippen LogP contribution in [-0.4, -0.2) is 64.2 Å². The number of nitrogens with zero attached hydrogens (tertiary/aromatic N) is 5. The number of nitrogens with one attached hydrogen (secondary N) is 1. The van der Waals surface area contributed by atoms with Gasteiger partial charge < -0.3 is 5.32 Å². The van der Waals surface area contributed by atoms with Gasteiger partial charge >= 0.3 is 0 Å². The van der Waals surface area contributed by atoms with Gasteiger partial charge in [0.25, 0.3) is 0 Å². The second-order valence-corrected chi connectivity index (χ2v) is 12.3. The zero-order valence-corrected chi connectivity index (χ0v) is 21.6. The van der Waals surface area contributed by atoms with E-state index in [2.05, 4.69) is 61.4 Å². The molecule has 0 amide bonds. The molecule has 0 radical (unpaired) electrons. The molecule has 8 nitrogen and oxygen atoms in total. The Morgan fingerprint density at radius 1 is 1.03 bits per heavy atom. The third-order valence-corrected chi connectivity index (χ3v) is 9.00. The van der Waals surface area contributed by atoms with Gasteiger partial charge in [0.05, 0.1) is 51.4 Å². The monoisotopic (exact) mass is 528 g/mol. The van der Waals surface area contributed by atoms with Gasteiger partial charge in [-0.3, -0.25) is 9.58 Å². The molecule has 10 heteroatoms. The van der Waals surface area contributed by atoms with Crippen molar-refractivity contribution in [3.63, 3.8) is 0 Å². The molecule has 0 bridgehead atoms. The molecule has 3 aromatic heterocycles. The van der Waals surface area contributed by atoms with Gasteiger partial charge in [0.15, 0.2) is 15.7 Å². The van der Waals surface area contributed by atoms with E-state index in [0.29, 0.717) is 19.6 Å². The van der Waals surface area contributed by atoms with Crippen molar-refractivity contribution >= 4 is 53.8 Å². The maximum Gasteiger partial charge on any atom is 0.152 e. The summed E-state index contributed by atoms with van der Waals surface area (Å²) in [6.07, 6.45) is 3.44. The zero-order chi connectivity index (χ0) is 25.2. The molecular weight excluding hydrogens is 504 g/mol.